The van der Waals surface area contributed by atoms with Crippen molar-refractivity contribution in [3.05, 3.63) is 33.9 Å². The Kier molecular flexibility index (Phi) is 7.95. The van der Waals surface area contributed by atoms with Crippen LogP contribution < -0.4 is 11.1 Å². The first-order valence-corrected chi connectivity index (χ1v) is 10.2. The van der Waals surface area contributed by atoms with Gasteiger partial charge in [0.05, 0.1) is 9.82 Å². The molecule has 9 nitrogen and oxygen atoms in total. The van der Waals surface area contributed by atoms with E-state index in [2.05, 4.69) is 5.32 Å². The molecule has 1 aliphatic heterocycles. The third-order valence-corrected chi connectivity index (χ3v) is 6.58. The quantitative estimate of drug-likeness (QED) is 0.515. The second-order valence-electron chi connectivity index (χ2n) is 7.59. The molecule has 0 bridgehead atoms. The smallest absolute Gasteiger partial charge is 0.270 e. The first-order valence-electron chi connectivity index (χ1n) is 8.73. The second kappa shape index (κ2) is 9.17. The van der Waals surface area contributed by atoms with Gasteiger partial charge in [0.15, 0.2) is 0 Å². The lowest BCUT2D eigenvalue weighted by Crippen LogP contribution is -2.48. The van der Waals surface area contributed by atoms with E-state index in [-0.39, 0.29) is 47.9 Å². The number of benzene rings is 1. The molecule has 1 heterocycles. The molecule has 11 heteroatoms. The summed E-state index contributed by atoms with van der Waals surface area (Å²) >= 11 is 0. The van der Waals surface area contributed by atoms with Crippen LogP contribution in [0.15, 0.2) is 23.1 Å². The molecular weight excluding hydrogens is 408 g/mol. The van der Waals surface area contributed by atoms with E-state index in [1.165, 1.54) is 16.4 Å². The lowest BCUT2D eigenvalue weighted by atomic mass is 9.96. The number of non-ortho nitro benzene ring substituents is 1. The Hall–Kier alpha value is -1.75. The van der Waals surface area contributed by atoms with E-state index in [1.807, 2.05) is 13.8 Å². The Morgan fingerprint density at radius 2 is 1.93 bits per heavy atom. The van der Waals surface area contributed by atoms with Crippen LogP contribution in [0.25, 0.3) is 0 Å². The normalized spacial score (nSPS) is 16.3. The number of aryl methyl sites for hydroxylation is 1. The van der Waals surface area contributed by atoms with Crippen molar-refractivity contribution in [1.82, 2.24) is 9.62 Å². The molecule has 1 saturated heterocycles. The molecule has 158 valence electrons. The topological polar surface area (TPSA) is 136 Å². The summed E-state index contributed by atoms with van der Waals surface area (Å²) in [6.45, 7) is 5.94. The molecular formula is C17H27ClN4O5S. The van der Waals surface area contributed by atoms with Gasteiger partial charge in [-0.15, -0.1) is 12.4 Å². The van der Waals surface area contributed by atoms with Gasteiger partial charge in [-0.05, 0) is 39.2 Å². The minimum Gasteiger partial charge on any atom is -0.354 e. The summed E-state index contributed by atoms with van der Waals surface area (Å²) in [7, 11) is -3.86. The summed E-state index contributed by atoms with van der Waals surface area (Å²) in [6, 6.07) is 3.80. The fourth-order valence-corrected chi connectivity index (χ4v) is 4.65. The summed E-state index contributed by atoms with van der Waals surface area (Å²) in [5.41, 5.74) is 5.52. The highest BCUT2D eigenvalue weighted by Crippen LogP contribution is 2.28. The second-order valence-corrected chi connectivity index (χ2v) is 9.50. The number of amides is 1. The zero-order valence-corrected chi connectivity index (χ0v) is 17.8. The van der Waals surface area contributed by atoms with Crippen LogP contribution in [0.2, 0.25) is 0 Å². The number of nitro groups is 1. The number of nitrogens with one attached hydrogen (secondary N) is 1. The summed E-state index contributed by atoms with van der Waals surface area (Å²) < 4.78 is 27.1. The van der Waals surface area contributed by atoms with Crippen molar-refractivity contribution in [3.63, 3.8) is 0 Å². The highest BCUT2D eigenvalue weighted by atomic mass is 35.5. The van der Waals surface area contributed by atoms with E-state index in [0.29, 0.717) is 24.9 Å². The van der Waals surface area contributed by atoms with E-state index < -0.39 is 20.5 Å². The van der Waals surface area contributed by atoms with Crippen molar-refractivity contribution in [2.45, 2.75) is 44.0 Å². The molecule has 1 aromatic carbocycles. The van der Waals surface area contributed by atoms with Gasteiger partial charge in [-0.3, -0.25) is 14.9 Å². The van der Waals surface area contributed by atoms with Crippen molar-refractivity contribution < 1.29 is 18.1 Å². The number of rotatable bonds is 6. The van der Waals surface area contributed by atoms with Gasteiger partial charge in [-0.2, -0.15) is 4.31 Å². The molecule has 2 rings (SSSR count). The maximum atomic E-state index is 12.9. The van der Waals surface area contributed by atoms with Gasteiger partial charge in [-0.25, -0.2) is 8.42 Å². The van der Waals surface area contributed by atoms with Gasteiger partial charge in [-0.1, -0.05) is 6.07 Å². The summed E-state index contributed by atoms with van der Waals surface area (Å²) in [4.78, 5) is 22.5. The first-order chi connectivity index (χ1) is 12.4. The zero-order valence-electron chi connectivity index (χ0n) is 16.2. The van der Waals surface area contributed by atoms with Gasteiger partial charge in [0.25, 0.3) is 5.69 Å². The van der Waals surface area contributed by atoms with Crippen molar-refractivity contribution in [2.24, 2.45) is 11.7 Å². The molecule has 1 amide bonds. The van der Waals surface area contributed by atoms with E-state index in [1.54, 1.807) is 6.92 Å². The van der Waals surface area contributed by atoms with Crippen LogP contribution >= 0.6 is 12.4 Å². The average Bonchev–Trinajstić information content (AvgIpc) is 2.59. The van der Waals surface area contributed by atoms with Crippen LogP contribution in [0.3, 0.4) is 0 Å². The van der Waals surface area contributed by atoms with Crippen molar-refractivity contribution in [1.29, 1.82) is 0 Å². The van der Waals surface area contributed by atoms with Gasteiger partial charge >= 0.3 is 0 Å². The number of nitrogens with two attached hydrogens (primary N) is 1. The lowest BCUT2D eigenvalue weighted by molar-refractivity contribution is -0.385. The number of hydrogen-bond donors (Lipinski definition) is 2. The maximum absolute atomic E-state index is 12.9. The molecule has 0 unspecified atom stereocenters. The molecule has 1 aliphatic rings. The Morgan fingerprint density at radius 1 is 1.36 bits per heavy atom. The molecule has 28 heavy (non-hydrogen) atoms. The third-order valence-electron chi connectivity index (χ3n) is 4.54. The van der Waals surface area contributed by atoms with E-state index >= 15 is 0 Å². The number of carbonyl (C=O) groups excluding carboxylic acids is 1. The number of sulfonamides is 1. The van der Waals surface area contributed by atoms with Gasteiger partial charge in [0.2, 0.25) is 15.9 Å². The van der Waals surface area contributed by atoms with Gasteiger partial charge < -0.3 is 11.1 Å². The summed E-state index contributed by atoms with van der Waals surface area (Å²) in [5.74, 6) is -0.401. The minimum absolute atomic E-state index is 0. The van der Waals surface area contributed by atoms with E-state index in [0.717, 1.165) is 6.07 Å². The van der Waals surface area contributed by atoms with Crippen LogP contribution in [0.1, 0.15) is 32.3 Å². The summed E-state index contributed by atoms with van der Waals surface area (Å²) in [6.07, 6.45) is 0.786. The monoisotopic (exact) mass is 434 g/mol. The zero-order chi connectivity index (χ0) is 20.4. The Morgan fingerprint density at radius 3 is 2.43 bits per heavy atom. The standard InChI is InChI=1S/C17H26N4O5S.ClH/c1-12-4-5-14(21(23)24)10-15(12)27(25,26)20-8-6-13(7-9-20)16(22)19-11-17(2,3)18;/h4-5,10,13H,6-9,11,18H2,1-3H3,(H,19,22);1H. The number of nitrogens with zero attached hydrogens (tertiary/aromatic N) is 2. The first kappa shape index (κ1) is 24.3. The van der Waals surface area contributed by atoms with Crippen LogP contribution in [-0.4, -0.2) is 48.7 Å². The molecule has 1 fully saturated rings. The highest BCUT2D eigenvalue weighted by molar-refractivity contribution is 7.89. The van der Waals surface area contributed by atoms with E-state index in [9.17, 15) is 23.3 Å². The summed E-state index contributed by atoms with van der Waals surface area (Å²) in [5, 5.41) is 13.8. The SMILES string of the molecule is Cc1ccc([N+](=O)[O-])cc1S(=O)(=O)N1CCC(C(=O)NCC(C)(C)N)CC1.Cl. The van der Waals surface area contributed by atoms with Crippen molar-refractivity contribution in [3.8, 4) is 0 Å². The molecule has 0 aliphatic carbocycles. The molecule has 0 saturated carbocycles. The van der Waals surface area contributed by atoms with Crippen LogP contribution in [0.4, 0.5) is 5.69 Å². The molecule has 3 N–H and O–H groups in total. The molecule has 0 aromatic heterocycles. The van der Waals surface area contributed by atoms with Crippen LogP contribution in [-0.2, 0) is 14.8 Å². The number of nitro benzene ring substituents is 1. The number of piperidine rings is 1. The maximum Gasteiger partial charge on any atom is 0.270 e. The van der Waals surface area contributed by atoms with Crippen LogP contribution in [0.5, 0.6) is 0 Å². The predicted octanol–water partition coefficient (Wildman–Crippen LogP) is 1.58. The van der Waals surface area contributed by atoms with Gasteiger partial charge in [0.1, 0.15) is 0 Å². The Balaban J connectivity index is 0.00000392. The highest BCUT2D eigenvalue weighted by Gasteiger charge is 2.33. The third kappa shape index (κ3) is 5.87. The lowest BCUT2D eigenvalue weighted by Gasteiger charge is -2.31. The molecule has 0 radical (unpaired) electrons. The minimum atomic E-state index is -3.86. The Labute approximate surface area is 171 Å². The fourth-order valence-electron chi connectivity index (χ4n) is 2.94. The van der Waals surface area contributed by atoms with E-state index in [4.69, 9.17) is 5.73 Å². The largest absolute Gasteiger partial charge is 0.354 e. The Bertz CT molecular complexity index is 830. The number of hydrogen-bond acceptors (Lipinski definition) is 6. The predicted molar refractivity (Wildman–Crippen MR) is 108 cm³/mol. The number of halogens is 1. The van der Waals surface area contributed by atoms with Crippen molar-refractivity contribution >= 4 is 34.0 Å². The van der Waals surface area contributed by atoms with Crippen LogP contribution in [0, 0.1) is 23.0 Å². The molecule has 1 aromatic rings. The fraction of sp³-hybridized carbons (Fsp3) is 0.588. The van der Waals surface area contributed by atoms with Gasteiger partial charge in [0, 0.05) is 43.2 Å². The molecule has 0 atom stereocenters. The van der Waals surface area contributed by atoms with Crippen molar-refractivity contribution in [2.75, 3.05) is 19.6 Å². The number of carbonyl (C=O) groups is 1. The average molecular weight is 435 g/mol. The molecule has 0 spiro atoms.